The van der Waals surface area contributed by atoms with Crippen LogP contribution in [-0.4, -0.2) is 98.3 Å². The van der Waals surface area contributed by atoms with Gasteiger partial charge in [-0.05, 0) is 134 Å². The van der Waals surface area contributed by atoms with Crippen LogP contribution in [0.4, 0.5) is 0 Å². The molecule has 6 heterocycles. The Kier molecular flexibility index (Phi) is 18.5. The first-order valence-electron chi connectivity index (χ1n) is 28.3. The van der Waals surface area contributed by atoms with Crippen molar-refractivity contribution in [1.82, 2.24) is 48.0 Å². The summed E-state index contributed by atoms with van der Waals surface area (Å²) in [6, 6.07) is 38.2. The number of benzene rings is 6. The third kappa shape index (κ3) is 14.2. The average molecular weight is 1220 g/mol. The van der Waals surface area contributed by atoms with Gasteiger partial charge in [0.1, 0.15) is 36.4 Å². The number of carbonyl (C=O) groups excluding carboxylic acids is 1. The van der Waals surface area contributed by atoms with Crippen molar-refractivity contribution in [2.45, 2.75) is 79.2 Å². The first-order valence-corrected chi connectivity index (χ1v) is 29.8. The lowest BCUT2D eigenvalue weighted by Gasteiger charge is -2.39. The lowest BCUT2D eigenvalue weighted by molar-refractivity contribution is 0.0600. The van der Waals surface area contributed by atoms with Crippen LogP contribution in [-0.2, 0) is 70.1 Å². The van der Waals surface area contributed by atoms with E-state index in [-0.39, 0.29) is 11.5 Å². The van der Waals surface area contributed by atoms with Crippen molar-refractivity contribution >= 4 is 80.4 Å². The van der Waals surface area contributed by atoms with Gasteiger partial charge < -0.3 is 37.6 Å². The first-order chi connectivity index (χ1) is 41.2. The van der Waals surface area contributed by atoms with E-state index in [1.54, 1.807) is 60.7 Å². The number of carbonyl (C=O) groups is 2. The van der Waals surface area contributed by atoms with Gasteiger partial charge in [-0.15, -0.1) is 0 Å². The van der Waals surface area contributed by atoms with Crippen molar-refractivity contribution in [2.24, 2.45) is 11.8 Å². The van der Waals surface area contributed by atoms with Crippen LogP contribution in [0.15, 0.2) is 146 Å². The number of hydrogen-bond donors (Lipinski definition) is 1. The quantitative estimate of drug-likeness (QED) is 0.0641. The minimum Gasteiger partial charge on any atom is -0.487 e. The normalized spacial score (nSPS) is 13.8. The van der Waals surface area contributed by atoms with E-state index in [0.717, 1.165) is 115 Å². The molecule has 2 aliphatic rings. The van der Waals surface area contributed by atoms with Crippen molar-refractivity contribution in [3.8, 4) is 11.5 Å². The van der Waals surface area contributed by atoms with Crippen LogP contribution in [0.1, 0.15) is 79.9 Å². The van der Waals surface area contributed by atoms with Gasteiger partial charge in [0.15, 0.2) is 0 Å². The van der Waals surface area contributed by atoms with Crippen LogP contribution in [0.25, 0.3) is 22.1 Å². The second-order valence-corrected chi connectivity index (χ2v) is 23.4. The molecular weight excluding hydrogens is 1160 g/mol. The topological polar surface area (TPSA) is 160 Å². The lowest BCUT2D eigenvalue weighted by Crippen LogP contribution is -2.47. The number of esters is 1. The van der Waals surface area contributed by atoms with E-state index >= 15 is 0 Å². The lowest BCUT2D eigenvalue weighted by atomic mass is 9.91. The molecule has 4 aromatic heterocycles. The number of imidazole rings is 4. The van der Waals surface area contributed by atoms with Gasteiger partial charge in [-0.3, -0.25) is 9.80 Å². The van der Waals surface area contributed by atoms with Crippen LogP contribution < -0.4 is 9.47 Å². The molecule has 85 heavy (non-hydrogen) atoms. The molecule has 0 amide bonds. The van der Waals surface area contributed by atoms with Gasteiger partial charge >= 0.3 is 11.9 Å². The molecule has 10 aromatic rings. The average Bonchev–Trinajstić information content (AvgIpc) is 2.44. The van der Waals surface area contributed by atoms with Gasteiger partial charge in [-0.25, -0.2) is 29.5 Å². The number of halogens is 4. The zero-order valence-corrected chi connectivity index (χ0v) is 50.4. The molecule has 0 bridgehead atoms. The Morgan fingerprint density at radius 2 is 1.00 bits per heavy atom. The Morgan fingerprint density at radius 1 is 0.553 bits per heavy atom. The Labute approximate surface area is 513 Å². The Balaban J connectivity index is 0.000000177. The maximum atomic E-state index is 12.3. The zero-order valence-electron chi connectivity index (χ0n) is 47.4. The summed E-state index contributed by atoms with van der Waals surface area (Å²) in [5, 5.41) is 11.7. The molecule has 0 atom stereocenters. The smallest absolute Gasteiger partial charge is 0.337 e. The largest absolute Gasteiger partial charge is 0.487 e. The second kappa shape index (κ2) is 26.7. The number of carboxylic acids is 1. The fourth-order valence-electron chi connectivity index (χ4n) is 11.3. The van der Waals surface area contributed by atoms with Crippen molar-refractivity contribution in [3.05, 3.63) is 223 Å². The minimum atomic E-state index is -0.945. The summed E-state index contributed by atoms with van der Waals surface area (Å²) in [6.07, 6.45) is 9.42. The Bertz CT molecular complexity index is 4010. The first kappa shape index (κ1) is 59.0. The molecule has 0 spiro atoms. The molecule has 0 aliphatic carbocycles. The summed E-state index contributed by atoms with van der Waals surface area (Å²) in [7, 11) is 1.40. The number of likely N-dealkylation sites (tertiary alicyclic amines) is 2. The summed E-state index contributed by atoms with van der Waals surface area (Å²) < 4.78 is 25.4. The summed E-state index contributed by atoms with van der Waals surface area (Å²) in [6.45, 7) is 13.3. The van der Waals surface area contributed by atoms with Gasteiger partial charge in [-0.1, -0.05) is 94.9 Å². The highest BCUT2D eigenvalue weighted by molar-refractivity contribution is 6.36. The van der Waals surface area contributed by atoms with Gasteiger partial charge in [0.2, 0.25) is 0 Å². The molecule has 1 N–H and O–H groups in total. The highest BCUT2D eigenvalue weighted by Gasteiger charge is 2.30. The molecule has 2 saturated heterocycles. The fraction of sp³-hybridized carbons (Fsp3) is 0.292. The van der Waals surface area contributed by atoms with Crippen molar-refractivity contribution in [1.29, 1.82) is 0 Å². The van der Waals surface area contributed by atoms with E-state index in [2.05, 4.69) is 100 Å². The molecule has 20 heteroatoms. The van der Waals surface area contributed by atoms with E-state index in [1.165, 1.54) is 18.2 Å². The van der Waals surface area contributed by atoms with E-state index in [9.17, 15) is 14.7 Å². The fourth-order valence-corrected chi connectivity index (χ4v) is 12.2. The predicted octanol–water partition coefficient (Wildman–Crippen LogP) is 13.2. The third-order valence-corrected chi connectivity index (χ3v) is 16.7. The highest BCUT2D eigenvalue weighted by Crippen LogP contribution is 2.32. The summed E-state index contributed by atoms with van der Waals surface area (Å²) in [5.41, 5.74) is 11.1. The molecule has 2 aliphatic heterocycles. The predicted molar refractivity (Wildman–Crippen MR) is 331 cm³/mol. The summed E-state index contributed by atoms with van der Waals surface area (Å²) in [5.74, 6) is 2.94. The van der Waals surface area contributed by atoms with Crippen LogP contribution in [0.5, 0.6) is 11.5 Å². The molecule has 16 nitrogen and oxygen atoms in total. The van der Waals surface area contributed by atoms with Crippen LogP contribution >= 0.6 is 46.4 Å². The third-order valence-electron chi connectivity index (χ3n) is 15.6. The van der Waals surface area contributed by atoms with Gasteiger partial charge in [0.25, 0.3) is 0 Å². The van der Waals surface area contributed by atoms with E-state index in [0.29, 0.717) is 81.8 Å². The molecular formula is C65H64Cl4N10O6. The number of aromatic carboxylic acids is 1. The number of methoxy groups -OCH3 is 1. The van der Waals surface area contributed by atoms with Crippen LogP contribution in [0, 0.1) is 11.8 Å². The molecule has 12 rings (SSSR count). The summed E-state index contributed by atoms with van der Waals surface area (Å²) >= 11 is 24.5. The van der Waals surface area contributed by atoms with Crippen LogP contribution in [0.3, 0.4) is 0 Å². The molecule has 438 valence electrons. The number of carboxylic acid groups (broad SMARTS) is 1. The maximum Gasteiger partial charge on any atom is 0.337 e. The number of ether oxygens (including phenoxy) is 3. The monoisotopic (exact) mass is 1220 g/mol. The zero-order chi connectivity index (χ0) is 59.1. The van der Waals surface area contributed by atoms with E-state index in [4.69, 9.17) is 70.6 Å². The number of nitrogens with zero attached hydrogens (tertiary/aromatic N) is 10. The highest BCUT2D eigenvalue weighted by atomic mass is 35.5. The van der Waals surface area contributed by atoms with E-state index in [1.807, 2.05) is 37.2 Å². The van der Waals surface area contributed by atoms with Gasteiger partial charge in [0.05, 0.1) is 101 Å². The van der Waals surface area contributed by atoms with E-state index < -0.39 is 5.97 Å². The molecule has 0 radical (unpaired) electrons. The van der Waals surface area contributed by atoms with Crippen molar-refractivity contribution in [2.75, 3.05) is 33.3 Å². The Morgan fingerprint density at radius 3 is 1.44 bits per heavy atom. The second-order valence-electron chi connectivity index (χ2n) is 21.7. The molecule has 0 saturated carbocycles. The van der Waals surface area contributed by atoms with Crippen LogP contribution in [0.2, 0.25) is 20.1 Å². The number of rotatable bonds is 22. The standard InChI is InChI=1S/C33H33Cl2N5O3.C32H31Cl2N5O3/c1-3-39-21-36-15-27(39)18-40-30-13-25(33(41)42-2)7-9-29(30)37-32(40)19-38-16-24(17-38)12-22-5-4-6-23(11-22)20-43-31-10-8-26(34)14-28(31)35;1-2-38-20-35-14-26(38)17-39-29-12-24(32(40)41)6-8-28(29)36-31(39)18-37-15-23(16-37)11-21-4-3-5-22(10-21)19-42-30-9-7-25(33)13-27(30)34/h4-11,13-15,21,24H,3,12,16-20H2,1-2H3;3-10,12-14,20,23H,2,11,15-19H2,1H3,(H,40,41). The molecule has 6 aromatic carbocycles. The Hall–Kier alpha value is -7.70. The minimum absolute atomic E-state index is 0.257. The van der Waals surface area contributed by atoms with Gasteiger partial charge in [-0.2, -0.15) is 0 Å². The number of aromatic nitrogens is 8. The molecule has 2 fully saturated rings. The van der Waals surface area contributed by atoms with Crippen molar-refractivity contribution in [3.63, 3.8) is 0 Å². The number of aryl methyl sites for hydroxylation is 2. The maximum absolute atomic E-state index is 12.3. The molecule has 0 unspecified atom stereocenters. The number of hydrogen-bond acceptors (Lipinski definition) is 11. The van der Waals surface area contributed by atoms with Gasteiger partial charge in [0, 0.05) is 61.7 Å². The van der Waals surface area contributed by atoms with Crippen molar-refractivity contribution < 1.29 is 28.9 Å². The number of fused-ring (bicyclic) bond motifs is 2. The SMILES string of the molecule is CCn1cncc1Cn1c(CN2CC(Cc3cccc(COc4ccc(Cl)cc4Cl)c3)C2)nc2ccc(C(=O)O)cc21.CCn1cncc1Cn1c(CN2CC(Cc3cccc(COc4ccc(Cl)cc4Cl)c3)C2)nc2ccc(C(=O)OC)cc21. The summed E-state index contributed by atoms with van der Waals surface area (Å²) in [4.78, 5) is 47.3.